The molecule has 160 valence electrons. The SMILES string of the molecule is Cc1ccc(S(=O)(=O)C2CNC(SCC(=O)Nc3cc(Cl)ccc3C)NC2=O)cc1. The summed E-state index contributed by atoms with van der Waals surface area (Å²) in [6.45, 7) is 3.68. The molecule has 7 nitrogen and oxygen atoms in total. The van der Waals surface area contributed by atoms with Crippen LogP contribution in [0.25, 0.3) is 0 Å². The maximum Gasteiger partial charge on any atom is 0.241 e. The van der Waals surface area contributed by atoms with Crippen molar-refractivity contribution in [1.82, 2.24) is 10.6 Å². The fourth-order valence-corrected chi connectivity index (χ4v) is 5.38. The number of benzene rings is 2. The van der Waals surface area contributed by atoms with Gasteiger partial charge in [-0.3, -0.25) is 14.9 Å². The highest BCUT2D eigenvalue weighted by Crippen LogP contribution is 2.22. The minimum absolute atomic E-state index is 0.0330. The molecule has 1 aliphatic heterocycles. The number of carbonyl (C=O) groups excluding carboxylic acids is 2. The third-order valence-electron chi connectivity index (χ3n) is 4.63. The quantitative estimate of drug-likeness (QED) is 0.603. The molecule has 10 heteroatoms. The maximum absolute atomic E-state index is 12.8. The number of nitrogens with one attached hydrogen (secondary N) is 3. The van der Waals surface area contributed by atoms with E-state index in [4.69, 9.17) is 11.6 Å². The first-order chi connectivity index (χ1) is 14.2. The molecule has 2 atom stereocenters. The third kappa shape index (κ3) is 5.34. The van der Waals surface area contributed by atoms with Crippen LogP contribution in [0.3, 0.4) is 0 Å². The molecule has 2 unspecified atom stereocenters. The average Bonchev–Trinajstić information content (AvgIpc) is 2.69. The van der Waals surface area contributed by atoms with E-state index < -0.39 is 26.5 Å². The van der Waals surface area contributed by atoms with Crippen LogP contribution < -0.4 is 16.0 Å². The number of rotatable bonds is 6. The van der Waals surface area contributed by atoms with Gasteiger partial charge in [-0.05, 0) is 43.7 Å². The van der Waals surface area contributed by atoms with Crippen LogP contribution >= 0.6 is 23.4 Å². The molecule has 2 amide bonds. The van der Waals surface area contributed by atoms with Crippen molar-refractivity contribution in [3.05, 3.63) is 58.6 Å². The molecule has 3 rings (SSSR count). The molecule has 1 heterocycles. The van der Waals surface area contributed by atoms with Crippen molar-refractivity contribution in [2.45, 2.75) is 29.5 Å². The number of hydrogen-bond donors (Lipinski definition) is 3. The van der Waals surface area contributed by atoms with Gasteiger partial charge in [-0.2, -0.15) is 0 Å². The number of hydrogen-bond acceptors (Lipinski definition) is 6. The van der Waals surface area contributed by atoms with Gasteiger partial charge in [-0.25, -0.2) is 8.42 Å². The Morgan fingerprint density at radius 3 is 2.57 bits per heavy atom. The second kappa shape index (κ2) is 9.38. The van der Waals surface area contributed by atoms with Gasteiger partial charge in [0.1, 0.15) is 5.50 Å². The average molecular weight is 468 g/mol. The van der Waals surface area contributed by atoms with E-state index in [1.165, 1.54) is 23.9 Å². The maximum atomic E-state index is 12.8. The Morgan fingerprint density at radius 2 is 1.90 bits per heavy atom. The zero-order valence-electron chi connectivity index (χ0n) is 16.4. The summed E-state index contributed by atoms with van der Waals surface area (Å²) in [6.07, 6.45) is 0. The van der Waals surface area contributed by atoms with Gasteiger partial charge < -0.3 is 10.6 Å². The summed E-state index contributed by atoms with van der Waals surface area (Å²) in [5.41, 5.74) is 1.88. The smallest absolute Gasteiger partial charge is 0.241 e. The van der Waals surface area contributed by atoms with Crippen LogP contribution in [0.5, 0.6) is 0 Å². The predicted octanol–water partition coefficient (Wildman–Crippen LogP) is 2.47. The van der Waals surface area contributed by atoms with Gasteiger partial charge in [0.2, 0.25) is 11.8 Å². The van der Waals surface area contributed by atoms with Gasteiger partial charge in [0.25, 0.3) is 0 Å². The molecule has 0 saturated carbocycles. The van der Waals surface area contributed by atoms with E-state index in [1.54, 1.807) is 24.3 Å². The number of amides is 2. The second-order valence-corrected chi connectivity index (χ2v) is 10.6. The minimum Gasteiger partial charge on any atom is -0.331 e. The molecule has 1 saturated heterocycles. The molecule has 0 radical (unpaired) electrons. The lowest BCUT2D eigenvalue weighted by Crippen LogP contribution is -2.59. The molecule has 0 spiro atoms. The van der Waals surface area contributed by atoms with Gasteiger partial charge in [-0.1, -0.05) is 35.4 Å². The number of sulfone groups is 1. The summed E-state index contributed by atoms with van der Waals surface area (Å²) in [5.74, 6) is -0.770. The number of aryl methyl sites for hydroxylation is 2. The number of thioether (sulfide) groups is 1. The van der Waals surface area contributed by atoms with Crippen LogP contribution in [0.2, 0.25) is 5.02 Å². The normalized spacial score (nSPS) is 19.2. The first-order valence-corrected chi connectivity index (χ1v) is 12.2. The Balaban J connectivity index is 1.55. The van der Waals surface area contributed by atoms with E-state index in [-0.39, 0.29) is 23.1 Å². The lowest BCUT2D eigenvalue weighted by atomic mass is 10.2. The van der Waals surface area contributed by atoms with Crippen LogP contribution in [0, 0.1) is 13.8 Å². The minimum atomic E-state index is -3.81. The topological polar surface area (TPSA) is 104 Å². The van der Waals surface area contributed by atoms with Crippen LogP contribution in [0.1, 0.15) is 11.1 Å². The van der Waals surface area contributed by atoms with E-state index in [0.29, 0.717) is 10.7 Å². The second-order valence-electron chi connectivity index (χ2n) is 6.96. The Kier molecular flexibility index (Phi) is 7.07. The summed E-state index contributed by atoms with van der Waals surface area (Å²) < 4.78 is 25.5. The first kappa shape index (κ1) is 22.6. The molecular weight excluding hydrogens is 446 g/mol. The number of carbonyl (C=O) groups is 2. The Hall–Kier alpha value is -2.07. The van der Waals surface area contributed by atoms with E-state index in [1.807, 2.05) is 19.9 Å². The van der Waals surface area contributed by atoms with Gasteiger partial charge in [-0.15, -0.1) is 11.8 Å². The Morgan fingerprint density at radius 1 is 1.20 bits per heavy atom. The van der Waals surface area contributed by atoms with Crippen molar-refractivity contribution in [3.63, 3.8) is 0 Å². The highest BCUT2D eigenvalue weighted by Gasteiger charge is 2.38. The summed E-state index contributed by atoms with van der Waals surface area (Å²) in [4.78, 5) is 24.8. The molecule has 1 aliphatic rings. The first-order valence-electron chi connectivity index (χ1n) is 9.19. The van der Waals surface area contributed by atoms with E-state index in [0.717, 1.165) is 11.1 Å². The van der Waals surface area contributed by atoms with E-state index >= 15 is 0 Å². The third-order valence-corrected chi connectivity index (χ3v) is 7.97. The van der Waals surface area contributed by atoms with Gasteiger partial charge in [0.05, 0.1) is 10.6 Å². The predicted molar refractivity (Wildman–Crippen MR) is 119 cm³/mol. The summed E-state index contributed by atoms with van der Waals surface area (Å²) in [6, 6.07) is 11.6. The van der Waals surface area contributed by atoms with Crippen molar-refractivity contribution >= 4 is 50.7 Å². The highest BCUT2D eigenvalue weighted by molar-refractivity contribution is 8.00. The molecule has 0 aromatic heterocycles. The Labute approximate surface area is 184 Å². The van der Waals surface area contributed by atoms with Crippen LogP contribution in [-0.2, 0) is 19.4 Å². The van der Waals surface area contributed by atoms with Crippen molar-refractivity contribution in [2.24, 2.45) is 0 Å². The van der Waals surface area contributed by atoms with Gasteiger partial charge >= 0.3 is 0 Å². The standard InChI is InChI=1S/C20H22ClN3O4S2/c1-12-3-7-15(8-4-12)30(27,28)17-10-22-20(24-19(17)26)29-11-18(25)23-16-9-14(21)6-5-13(16)2/h3-9,17,20,22H,10-11H2,1-2H3,(H,23,25)(H,24,26). The summed E-state index contributed by atoms with van der Waals surface area (Å²) in [7, 11) is -3.81. The fraction of sp³-hybridized carbons (Fsp3) is 0.300. The van der Waals surface area contributed by atoms with Gasteiger partial charge in [0.15, 0.2) is 15.1 Å². The lowest BCUT2D eigenvalue weighted by Gasteiger charge is -2.29. The van der Waals surface area contributed by atoms with Crippen molar-refractivity contribution in [3.8, 4) is 0 Å². The largest absolute Gasteiger partial charge is 0.331 e. The van der Waals surface area contributed by atoms with Crippen LogP contribution in [0.15, 0.2) is 47.4 Å². The van der Waals surface area contributed by atoms with Crippen molar-refractivity contribution in [1.29, 1.82) is 0 Å². The number of halogens is 1. The molecule has 0 bridgehead atoms. The van der Waals surface area contributed by atoms with Crippen molar-refractivity contribution < 1.29 is 18.0 Å². The highest BCUT2D eigenvalue weighted by atomic mass is 35.5. The van der Waals surface area contributed by atoms with Gasteiger partial charge in [0, 0.05) is 17.3 Å². The molecular formula is C20H22ClN3O4S2. The van der Waals surface area contributed by atoms with Crippen LogP contribution in [-0.4, -0.2) is 43.3 Å². The lowest BCUT2D eigenvalue weighted by molar-refractivity contribution is -0.122. The fourth-order valence-electron chi connectivity index (χ4n) is 2.90. The molecule has 2 aromatic rings. The monoisotopic (exact) mass is 467 g/mol. The molecule has 1 fully saturated rings. The zero-order valence-corrected chi connectivity index (χ0v) is 18.8. The van der Waals surface area contributed by atoms with Crippen molar-refractivity contribution in [2.75, 3.05) is 17.6 Å². The summed E-state index contributed by atoms with van der Waals surface area (Å²) >= 11 is 7.12. The molecule has 0 aliphatic carbocycles. The number of anilines is 1. The molecule has 30 heavy (non-hydrogen) atoms. The zero-order chi connectivity index (χ0) is 21.9. The Bertz CT molecular complexity index is 1060. The van der Waals surface area contributed by atoms with Crippen LogP contribution in [0.4, 0.5) is 5.69 Å². The van der Waals surface area contributed by atoms with E-state index in [2.05, 4.69) is 16.0 Å². The summed E-state index contributed by atoms with van der Waals surface area (Å²) in [5, 5.41) is 7.68. The molecule has 2 aromatic carbocycles. The molecule has 3 N–H and O–H groups in total. The van der Waals surface area contributed by atoms with E-state index in [9.17, 15) is 18.0 Å².